The van der Waals surface area contributed by atoms with Crippen LogP contribution < -0.4 is 14.8 Å². The first kappa shape index (κ1) is 15.1. The number of hydrogen-bond acceptors (Lipinski definition) is 5. The Morgan fingerprint density at radius 2 is 2.05 bits per heavy atom. The number of methoxy groups -OCH3 is 2. The zero-order chi connectivity index (χ0) is 15.6. The summed E-state index contributed by atoms with van der Waals surface area (Å²) >= 11 is 0. The predicted octanol–water partition coefficient (Wildman–Crippen LogP) is 0.336. The van der Waals surface area contributed by atoms with Crippen LogP contribution in [0, 0.1) is 0 Å². The van der Waals surface area contributed by atoms with Gasteiger partial charge in [-0.2, -0.15) is 0 Å². The van der Waals surface area contributed by atoms with Gasteiger partial charge in [0.2, 0.25) is 11.8 Å². The second-order valence-corrected chi connectivity index (χ2v) is 5.21. The van der Waals surface area contributed by atoms with Gasteiger partial charge in [0.25, 0.3) is 0 Å². The van der Waals surface area contributed by atoms with E-state index in [1.807, 2.05) is 0 Å². The molecule has 2 rings (SSSR count). The van der Waals surface area contributed by atoms with Crippen molar-refractivity contribution in [3.8, 4) is 11.5 Å². The zero-order valence-electron chi connectivity index (χ0n) is 12.6. The standard InChI is InChI=1S/C14H19N3O4/c1-14(2)13(19)16-7-11(18)17(14)8-9-12(21-4)10(20-3)5-6-15-9/h5-6H,7-8H2,1-4H3,(H,16,19). The summed E-state index contributed by atoms with van der Waals surface area (Å²) in [7, 11) is 3.05. The van der Waals surface area contributed by atoms with Gasteiger partial charge < -0.3 is 19.7 Å². The molecule has 0 spiro atoms. The summed E-state index contributed by atoms with van der Waals surface area (Å²) in [5.74, 6) is 0.652. The quantitative estimate of drug-likeness (QED) is 0.865. The highest BCUT2D eigenvalue weighted by Crippen LogP contribution is 2.31. The van der Waals surface area contributed by atoms with Crippen molar-refractivity contribution < 1.29 is 19.1 Å². The van der Waals surface area contributed by atoms with Gasteiger partial charge >= 0.3 is 0 Å². The molecule has 1 aliphatic heterocycles. The van der Waals surface area contributed by atoms with Gasteiger partial charge in [-0.3, -0.25) is 14.6 Å². The molecule has 7 heteroatoms. The molecule has 0 saturated carbocycles. The van der Waals surface area contributed by atoms with E-state index in [2.05, 4.69) is 10.3 Å². The van der Waals surface area contributed by atoms with Crippen LogP contribution in [0.4, 0.5) is 0 Å². The van der Waals surface area contributed by atoms with E-state index in [-0.39, 0.29) is 24.9 Å². The highest BCUT2D eigenvalue weighted by Gasteiger charge is 2.42. The van der Waals surface area contributed by atoms with Gasteiger partial charge in [-0.25, -0.2) is 0 Å². The third kappa shape index (κ3) is 2.63. The first-order valence-electron chi connectivity index (χ1n) is 6.56. The fraction of sp³-hybridized carbons (Fsp3) is 0.500. The Bertz CT molecular complexity index is 571. The summed E-state index contributed by atoms with van der Waals surface area (Å²) in [4.78, 5) is 29.8. The Labute approximate surface area is 123 Å². The second-order valence-electron chi connectivity index (χ2n) is 5.21. The molecule has 0 aromatic carbocycles. The molecule has 2 heterocycles. The molecular weight excluding hydrogens is 274 g/mol. The zero-order valence-corrected chi connectivity index (χ0v) is 12.6. The topological polar surface area (TPSA) is 80.8 Å². The summed E-state index contributed by atoms with van der Waals surface area (Å²) in [6.45, 7) is 3.58. The Balaban J connectivity index is 2.36. The highest BCUT2D eigenvalue weighted by molar-refractivity contribution is 5.97. The average Bonchev–Trinajstić information content (AvgIpc) is 2.47. The number of ether oxygens (including phenoxy) is 2. The van der Waals surface area contributed by atoms with Gasteiger partial charge in [-0.1, -0.05) is 0 Å². The maximum Gasteiger partial charge on any atom is 0.245 e. The third-order valence-corrected chi connectivity index (χ3v) is 3.61. The summed E-state index contributed by atoms with van der Waals surface area (Å²) in [5.41, 5.74) is -0.390. The minimum Gasteiger partial charge on any atom is -0.493 e. The van der Waals surface area contributed by atoms with Crippen LogP contribution in [0.25, 0.3) is 0 Å². The number of hydrogen-bond donors (Lipinski definition) is 1. The Morgan fingerprint density at radius 3 is 2.67 bits per heavy atom. The largest absolute Gasteiger partial charge is 0.493 e. The van der Waals surface area contributed by atoms with Crippen LogP contribution in [0.15, 0.2) is 12.3 Å². The molecule has 114 valence electrons. The highest BCUT2D eigenvalue weighted by atomic mass is 16.5. The summed E-state index contributed by atoms with van der Waals surface area (Å²) < 4.78 is 10.5. The molecule has 1 N–H and O–H groups in total. The summed E-state index contributed by atoms with van der Waals surface area (Å²) in [5, 5.41) is 2.58. The van der Waals surface area contributed by atoms with Gasteiger partial charge in [0.05, 0.1) is 27.3 Å². The van der Waals surface area contributed by atoms with Gasteiger partial charge in [-0.05, 0) is 13.8 Å². The van der Waals surface area contributed by atoms with E-state index in [9.17, 15) is 9.59 Å². The Morgan fingerprint density at radius 1 is 1.33 bits per heavy atom. The molecule has 1 aromatic rings. The van der Waals surface area contributed by atoms with Crippen LogP contribution in [0.3, 0.4) is 0 Å². The van der Waals surface area contributed by atoms with Crippen LogP contribution in [0.5, 0.6) is 11.5 Å². The van der Waals surface area contributed by atoms with Crippen LogP contribution >= 0.6 is 0 Å². The number of carbonyl (C=O) groups is 2. The first-order valence-corrected chi connectivity index (χ1v) is 6.56. The molecule has 0 bridgehead atoms. The van der Waals surface area contributed by atoms with Crippen molar-refractivity contribution in [2.45, 2.75) is 25.9 Å². The molecule has 2 amide bonds. The minimum absolute atomic E-state index is 0.00541. The van der Waals surface area contributed by atoms with E-state index in [0.717, 1.165) is 0 Å². The van der Waals surface area contributed by atoms with Crippen LogP contribution in [-0.4, -0.2) is 48.0 Å². The molecular formula is C14H19N3O4. The van der Waals surface area contributed by atoms with E-state index in [4.69, 9.17) is 9.47 Å². The number of nitrogens with zero attached hydrogens (tertiary/aromatic N) is 2. The molecule has 7 nitrogen and oxygen atoms in total. The molecule has 0 radical (unpaired) electrons. The lowest BCUT2D eigenvalue weighted by Gasteiger charge is -2.40. The number of amides is 2. The number of carbonyl (C=O) groups excluding carboxylic acids is 2. The molecule has 1 saturated heterocycles. The lowest BCUT2D eigenvalue weighted by Crippen LogP contribution is -2.63. The van der Waals surface area contributed by atoms with Crippen molar-refractivity contribution in [3.05, 3.63) is 18.0 Å². The number of nitrogens with one attached hydrogen (secondary N) is 1. The van der Waals surface area contributed by atoms with Gasteiger partial charge in [0.15, 0.2) is 11.5 Å². The molecule has 0 unspecified atom stereocenters. The van der Waals surface area contributed by atoms with Crippen molar-refractivity contribution in [2.75, 3.05) is 20.8 Å². The van der Waals surface area contributed by atoms with Crippen LogP contribution in [-0.2, 0) is 16.1 Å². The fourth-order valence-corrected chi connectivity index (χ4v) is 2.30. The summed E-state index contributed by atoms with van der Waals surface area (Å²) in [6.07, 6.45) is 1.58. The van der Waals surface area contributed by atoms with Crippen molar-refractivity contribution >= 4 is 11.8 Å². The maximum atomic E-state index is 12.1. The molecule has 1 aromatic heterocycles. The molecule has 0 aliphatic carbocycles. The number of pyridine rings is 1. The van der Waals surface area contributed by atoms with E-state index in [0.29, 0.717) is 17.2 Å². The second kappa shape index (κ2) is 5.59. The van der Waals surface area contributed by atoms with Crippen molar-refractivity contribution in [3.63, 3.8) is 0 Å². The first-order chi connectivity index (χ1) is 9.91. The van der Waals surface area contributed by atoms with Crippen LogP contribution in [0.1, 0.15) is 19.5 Å². The lowest BCUT2D eigenvalue weighted by atomic mass is 9.98. The smallest absolute Gasteiger partial charge is 0.245 e. The normalized spacial score (nSPS) is 17.4. The molecule has 1 aliphatic rings. The van der Waals surface area contributed by atoms with Crippen molar-refractivity contribution in [2.24, 2.45) is 0 Å². The SMILES string of the molecule is COc1ccnc(CN2C(=O)CNC(=O)C2(C)C)c1OC. The van der Waals surface area contributed by atoms with E-state index >= 15 is 0 Å². The monoisotopic (exact) mass is 293 g/mol. The number of piperazine rings is 1. The molecule has 0 atom stereocenters. The van der Waals surface area contributed by atoms with Gasteiger partial charge in [0, 0.05) is 12.3 Å². The summed E-state index contributed by atoms with van der Waals surface area (Å²) in [6, 6.07) is 1.68. The number of aromatic nitrogens is 1. The van der Waals surface area contributed by atoms with Crippen molar-refractivity contribution in [1.29, 1.82) is 0 Å². The Kier molecular flexibility index (Phi) is 4.02. The van der Waals surface area contributed by atoms with E-state index < -0.39 is 5.54 Å². The minimum atomic E-state index is -0.939. The van der Waals surface area contributed by atoms with E-state index in [1.54, 1.807) is 26.1 Å². The van der Waals surface area contributed by atoms with Gasteiger partial charge in [-0.15, -0.1) is 0 Å². The van der Waals surface area contributed by atoms with E-state index in [1.165, 1.54) is 19.1 Å². The van der Waals surface area contributed by atoms with Gasteiger partial charge in [0.1, 0.15) is 11.2 Å². The average molecular weight is 293 g/mol. The van der Waals surface area contributed by atoms with Crippen LogP contribution in [0.2, 0.25) is 0 Å². The van der Waals surface area contributed by atoms with Crippen molar-refractivity contribution in [1.82, 2.24) is 15.2 Å². The third-order valence-electron chi connectivity index (χ3n) is 3.61. The maximum absolute atomic E-state index is 12.1. The molecule has 1 fully saturated rings. The predicted molar refractivity (Wildman–Crippen MR) is 75.0 cm³/mol. The lowest BCUT2D eigenvalue weighted by molar-refractivity contribution is -0.152. The molecule has 21 heavy (non-hydrogen) atoms. The number of rotatable bonds is 4. The fourth-order valence-electron chi connectivity index (χ4n) is 2.30. The Hall–Kier alpha value is -2.31.